The third-order valence-electron chi connectivity index (χ3n) is 4.39. The number of carbonyl (C=O) groups is 1. The first-order valence-electron chi connectivity index (χ1n) is 8.21. The number of H-pyrrole nitrogens is 2. The van der Waals surface area contributed by atoms with E-state index in [4.69, 9.17) is 5.73 Å². The highest BCUT2D eigenvalue weighted by Crippen LogP contribution is 2.51. The third kappa shape index (κ3) is 3.61. The lowest BCUT2D eigenvalue weighted by Crippen LogP contribution is -2.36. The summed E-state index contributed by atoms with van der Waals surface area (Å²) in [7, 11) is 0. The van der Waals surface area contributed by atoms with Crippen molar-refractivity contribution in [3.05, 3.63) is 47.0 Å². The van der Waals surface area contributed by atoms with Gasteiger partial charge in [-0.05, 0) is 18.6 Å². The molecular weight excluding hydrogens is 442 g/mol. The van der Waals surface area contributed by atoms with Gasteiger partial charge in [0.2, 0.25) is 5.91 Å². The molecule has 0 radical (unpaired) electrons. The van der Waals surface area contributed by atoms with Crippen molar-refractivity contribution in [2.45, 2.75) is 25.2 Å². The Balaban J connectivity index is 2.46. The summed E-state index contributed by atoms with van der Waals surface area (Å²) in [5.74, 6) is -6.98. The molecule has 0 aliphatic rings. The second-order valence-electron chi connectivity index (χ2n) is 6.39. The number of halogens is 8. The molecule has 0 fully saturated rings. The summed E-state index contributed by atoms with van der Waals surface area (Å²) in [5.41, 5.74) is -2.08. The second kappa shape index (κ2) is 7.06. The molecule has 0 saturated heterocycles. The van der Waals surface area contributed by atoms with E-state index in [1.165, 1.54) is 18.2 Å². The van der Waals surface area contributed by atoms with Crippen LogP contribution >= 0.6 is 0 Å². The Morgan fingerprint density at radius 2 is 1.68 bits per heavy atom. The molecule has 31 heavy (non-hydrogen) atoms. The fraction of sp³-hybridized carbons (Fsp3) is 0.235. The SMILES string of the molecule is Cc1ccc(C(N)=O)c(-c2c[nH]cn2)c1-c1n[nH]c(C(F)(F)C(F)(F)F)c1C(F)(F)F. The summed E-state index contributed by atoms with van der Waals surface area (Å²) in [6, 6.07) is 2.32. The molecule has 0 bridgehead atoms. The number of aromatic nitrogens is 4. The number of nitrogens with two attached hydrogens (primary N) is 1. The topological polar surface area (TPSA) is 100 Å². The number of primary amides is 1. The molecule has 3 rings (SSSR count). The molecule has 0 atom stereocenters. The number of benzene rings is 1. The Bertz CT molecular complexity index is 1130. The van der Waals surface area contributed by atoms with Crippen LogP contribution in [0.15, 0.2) is 24.7 Å². The molecule has 3 aromatic rings. The van der Waals surface area contributed by atoms with Gasteiger partial charge in [0.1, 0.15) is 17.0 Å². The molecule has 166 valence electrons. The average Bonchev–Trinajstić information content (AvgIpc) is 3.29. The first kappa shape index (κ1) is 22.2. The minimum atomic E-state index is -6.33. The van der Waals surface area contributed by atoms with Crippen LogP contribution < -0.4 is 5.73 Å². The predicted molar refractivity (Wildman–Crippen MR) is 89.8 cm³/mol. The summed E-state index contributed by atoms with van der Waals surface area (Å²) in [4.78, 5) is 18.2. The Morgan fingerprint density at radius 1 is 1.03 bits per heavy atom. The maximum Gasteiger partial charge on any atom is 0.459 e. The summed E-state index contributed by atoms with van der Waals surface area (Å²) in [6.45, 7) is 1.26. The lowest BCUT2D eigenvalue weighted by atomic mass is 9.89. The predicted octanol–water partition coefficient (Wildman–Crippen LogP) is 4.55. The van der Waals surface area contributed by atoms with Gasteiger partial charge in [-0.15, -0.1) is 0 Å². The zero-order valence-electron chi connectivity index (χ0n) is 15.2. The number of hydrogen-bond donors (Lipinski definition) is 3. The van der Waals surface area contributed by atoms with Crippen LogP contribution in [0.4, 0.5) is 35.1 Å². The van der Waals surface area contributed by atoms with Gasteiger partial charge in [-0.1, -0.05) is 6.07 Å². The van der Waals surface area contributed by atoms with E-state index in [2.05, 4.69) is 15.1 Å². The van der Waals surface area contributed by atoms with Gasteiger partial charge in [0, 0.05) is 22.9 Å². The zero-order valence-corrected chi connectivity index (χ0v) is 15.2. The number of amides is 1. The minimum absolute atomic E-state index is 0.0122. The number of aromatic amines is 2. The molecule has 14 heteroatoms. The van der Waals surface area contributed by atoms with E-state index >= 15 is 0 Å². The van der Waals surface area contributed by atoms with Crippen molar-refractivity contribution in [2.24, 2.45) is 5.73 Å². The number of rotatable bonds is 4. The molecular formula is C17H11F8N5O. The number of carbonyl (C=O) groups excluding carboxylic acids is 1. The van der Waals surface area contributed by atoms with Crippen LogP contribution in [0.5, 0.6) is 0 Å². The summed E-state index contributed by atoms with van der Waals surface area (Å²) in [5, 5.41) is 4.34. The standard InChI is InChI=1S/C17H11F8N5O/c1-6-2-3-7(14(26)31)10(8-4-27-5-28-8)9(6)12-11(16(20,21)22)13(30-29-12)15(18,19)17(23,24)25/h2-5H,1H3,(H2,26,31)(H,27,28)(H,29,30). The number of alkyl halides is 8. The fourth-order valence-corrected chi connectivity index (χ4v) is 3.05. The maximum absolute atomic E-state index is 13.9. The van der Waals surface area contributed by atoms with Crippen molar-refractivity contribution >= 4 is 5.91 Å². The summed E-state index contributed by atoms with van der Waals surface area (Å²) < 4.78 is 107. The highest BCUT2D eigenvalue weighted by atomic mass is 19.4. The lowest BCUT2D eigenvalue weighted by Gasteiger charge is -2.21. The molecule has 0 aliphatic carbocycles. The summed E-state index contributed by atoms with van der Waals surface area (Å²) in [6.07, 6.45) is -9.70. The number of aryl methyl sites for hydroxylation is 1. The first-order valence-corrected chi connectivity index (χ1v) is 8.21. The molecule has 0 saturated carbocycles. The average molecular weight is 453 g/mol. The van der Waals surface area contributed by atoms with Crippen molar-refractivity contribution in [3.63, 3.8) is 0 Å². The van der Waals surface area contributed by atoms with Crippen LogP contribution in [0.25, 0.3) is 22.5 Å². The van der Waals surface area contributed by atoms with Gasteiger partial charge in [-0.25, -0.2) is 4.98 Å². The number of nitrogens with zero attached hydrogens (tertiary/aromatic N) is 2. The molecule has 1 amide bonds. The van der Waals surface area contributed by atoms with Gasteiger partial charge >= 0.3 is 18.3 Å². The van der Waals surface area contributed by atoms with Crippen molar-refractivity contribution in [3.8, 4) is 22.5 Å². The molecule has 2 aromatic heterocycles. The van der Waals surface area contributed by atoms with Crippen LogP contribution in [-0.4, -0.2) is 32.2 Å². The molecule has 0 unspecified atom stereocenters. The van der Waals surface area contributed by atoms with Crippen LogP contribution in [-0.2, 0) is 12.1 Å². The van der Waals surface area contributed by atoms with Crippen LogP contribution in [0.2, 0.25) is 0 Å². The van der Waals surface area contributed by atoms with E-state index in [1.807, 2.05) is 0 Å². The Hall–Kier alpha value is -3.45. The largest absolute Gasteiger partial charge is 0.459 e. The van der Waals surface area contributed by atoms with E-state index in [1.54, 1.807) is 0 Å². The van der Waals surface area contributed by atoms with E-state index in [0.29, 0.717) is 0 Å². The van der Waals surface area contributed by atoms with Crippen LogP contribution in [0.1, 0.15) is 27.2 Å². The fourth-order valence-electron chi connectivity index (χ4n) is 3.05. The third-order valence-corrected chi connectivity index (χ3v) is 4.39. The molecule has 2 heterocycles. The Morgan fingerprint density at radius 3 is 2.16 bits per heavy atom. The van der Waals surface area contributed by atoms with E-state index in [9.17, 15) is 39.9 Å². The van der Waals surface area contributed by atoms with Crippen molar-refractivity contribution in [1.82, 2.24) is 20.2 Å². The van der Waals surface area contributed by atoms with Gasteiger partial charge in [0.25, 0.3) is 0 Å². The minimum Gasteiger partial charge on any atom is -0.366 e. The number of hydrogen-bond acceptors (Lipinski definition) is 3. The normalized spacial score (nSPS) is 12.9. The molecule has 0 spiro atoms. The quantitative estimate of drug-likeness (QED) is 0.506. The van der Waals surface area contributed by atoms with Gasteiger partial charge in [0.15, 0.2) is 0 Å². The van der Waals surface area contributed by atoms with Gasteiger partial charge < -0.3 is 10.7 Å². The number of imidazole rings is 1. The Kier molecular flexibility index (Phi) is 5.06. The molecule has 1 aromatic carbocycles. The van der Waals surface area contributed by atoms with Crippen molar-refractivity contribution < 1.29 is 39.9 Å². The van der Waals surface area contributed by atoms with Gasteiger partial charge in [-0.3, -0.25) is 9.89 Å². The van der Waals surface area contributed by atoms with E-state index in [-0.39, 0.29) is 22.4 Å². The highest BCUT2D eigenvalue weighted by molar-refractivity contribution is 6.04. The highest BCUT2D eigenvalue weighted by Gasteiger charge is 2.63. The zero-order chi connectivity index (χ0) is 23.4. The van der Waals surface area contributed by atoms with E-state index in [0.717, 1.165) is 18.5 Å². The number of nitrogens with one attached hydrogen (secondary N) is 2. The lowest BCUT2D eigenvalue weighted by molar-refractivity contribution is -0.292. The van der Waals surface area contributed by atoms with Crippen LogP contribution in [0, 0.1) is 6.92 Å². The van der Waals surface area contributed by atoms with Crippen molar-refractivity contribution in [1.29, 1.82) is 0 Å². The smallest absolute Gasteiger partial charge is 0.366 e. The summed E-state index contributed by atoms with van der Waals surface area (Å²) >= 11 is 0. The van der Waals surface area contributed by atoms with E-state index < -0.39 is 46.7 Å². The monoisotopic (exact) mass is 453 g/mol. The van der Waals surface area contributed by atoms with Gasteiger partial charge in [0.05, 0.1) is 12.0 Å². The maximum atomic E-state index is 13.9. The molecule has 0 aliphatic heterocycles. The van der Waals surface area contributed by atoms with Crippen molar-refractivity contribution in [2.75, 3.05) is 0 Å². The Labute approximate surface area is 167 Å². The molecule has 4 N–H and O–H groups in total. The first-order chi connectivity index (χ1) is 14.2. The van der Waals surface area contributed by atoms with Crippen LogP contribution in [0.3, 0.4) is 0 Å². The molecule has 6 nitrogen and oxygen atoms in total. The second-order valence-corrected chi connectivity index (χ2v) is 6.39. The van der Waals surface area contributed by atoms with Gasteiger partial charge in [-0.2, -0.15) is 40.2 Å².